The van der Waals surface area contributed by atoms with Gasteiger partial charge < -0.3 is 20.7 Å². The van der Waals surface area contributed by atoms with E-state index in [2.05, 4.69) is 40.2 Å². The summed E-state index contributed by atoms with van der Waals surface area (Å²) in [5.74, 6) is 0.213. The van der Waals surface area contributed by atoms with Crippen molar-refractivity contribution in [1.29, 1.82) is 0 Å². The number of benzene rings is 1. The Kier molecular flexibility index (Phi) is 14.0. The third-order valence-corrected chi connectivity index (χ3v) is 3.16. The molecule has 0 spiro atoms. The van der Waals surface area contributed by atoms with Crippen molar-refractivity contribution in [2.75, 3.05) is 33.8 Å². The molecule has 0 saturated carbocycles. The van der Waals surface area contributed by atoms with Gasteiger partial charge in [0.05, 0.1) is 0 Å². The standard InChI is InChI=1S/C14H22BrN3O2.2ClH/c1-18(2)7-3-6-17-9-11-8-12(15)4-5-13(11)20-10-14(16)19;;/h4-5,8,17H,3,6-7,9-10H2,1-2H3,(H2,16,19);2*1H. The number of carbonyl (C=O) groups is 1. The summed E-state index contributed by atoms with van der Waals surface area (Å²) in [6.45, 7) is 2.58. The largest absolute Gasteiger partial charge is 0.483 e. The average Bonchev–Trinajstić information content (AvgIpc) is 2.36. The van der Waals surface area contributed by atoms with Crippen LogP contribution in [0.3, 0.4) is 0 Å². The molecule has 0 unspecified atom stereocenters. The van der Waals surface area contributed by atoms with E-state index in [1.165, 1.54) is 0 Å². The van der Waals surface area contributed by atoms with Crippen LogP contribution in [0, 0.1) is 0 Å². The van der Waals surface area contributed by atoms with E-state index in [1.807, 2.05) is 18.2 Å². The fraction of sp³-hybridized carbons (Fsp3) is 0.500. The maximum Gasteiger partial charge on any atom is 0.255 e. The van der Waals surface area contributed by atoms with Crippen molar-refractivity contribution in [3.05, 3.63) is 28.2 Å². The Bertz CT molecular complexity index is 448. The summed E-state index contributed by atoms with van der Waals surface area (Å²) in [4.78, 5) is 12.9. The van der Waals surface area contributed by atoms with Crippen molar-refractivity contribution in [3.8, 4) is 5.75 Å². The Morgan fingerprint density at radius 2 is 2.05 bits per heavy atom. The highest BCUT2D eigenvalue weighted by Gasteiger charge is 2.06. The number of carbonyl (C=O) groups excluding carboxylic acids is 1. The SMILES string of the molecule is CN(C)CCCNCc1cc(Br)ccc1OCC(N)=O.Cl.Cl. The van der Waals surface area contributed by atoms with Gasteiger partial charge in [-0.05, 0) is 51.8 Å². The second-order valence-corrected chi connectivity index (χ2v) is 5.76. The molecule has 1 amide bonds. The molecule has 0 saturated heterocycles. The van der Waals surface area contributed by atoms with Crippen LogP contribution in [0.25, 0.3) is 0 Å². The molecule has 0 radical (unpaired) electrons. The summed E-state index contributed by atoms with van der Waals surface area (Å²) in [5, 5.41) is 3.37. The number of halogens is 3. The van der Waals surface area contributed by atoms with Crippen LogP contribution < -0.4 is 15.8 Å². The molecule has 1 aromatic carbocycles. The van der Waals surface area contributed by atoms with Crippen LogP contribution >= 0.6 is 40.7 Å². The first kappa shape index (κ1) is 23.7. The van der Waals surface area contributed by atoms with Gasteiger partial charge in [0.25, 0.3) is 5.91 Å². The smallest absolute Gasteiger partial charge is 0.255 e. The van der Waals surface area contributed by atoms with Gasteiger partial charge in [-0.3, -0.25) is 4.79 Å². The summed E-state index contributed by atoms with van der Waals surface area (Å²) in [6.07, 6.45) is 1.08. The highest BCUT2D eigenvalue weighted by molar-refractivity contribution is 9.10. The number of primary amides is 1. The van der Waals surface area contributed by atoms with Crippen LogP contribution in [0.1, 0.15) is 12.0 Å². The molecule has 0 aliphatic rings. The Morgan fingerprint density at radius 1 is 1.36 bits per heavy atom. The Labute approximate surface area is 152 Å². The van der Waals surface area contributed by atoms with Crippen LogP contribution in [0.2, 0.25) is 0 Å². The van der Waals surface area contributed by atoms with E-state index in [0.717, 1.165) is 29.5 Å². The zero-order chi connectivity index (χ0) is 15.0. The van der Waals surface area contributed by atoms with E-state index >= 15 is 0 Å². The number of nitrogens with two attached hydrogens (primary N) is 1. The third-order valence-electron chi connectivity index (χ3n) is 2.67. The summed E-state index contributed by atoms with van der Waals surface area (Å²) in [7, 11) is 4.12. The summed E-state index contributed by atoms with van der Waals surface area (Å²) < 4.78 is 6.39. The van der Waals surface area contributed by atoms with Crippen molar-refractivity contribution >= 4 is 46.7 Å². The summed E-state index contributed by atoms with van der Waals surface area (Å²) in [5.41, 5.74) is 6.10. The molecule has 5 nitrogen and oxygen atoms in total. The van der Waals surface area contributed by atoms with Gasteiger partial charge in [0, 0.05) is 16.6 Å². The zero-order valence-corrected chi connectivity index (χ0v) is 16.0. The van der Waals surface area contributed by atoms with Crippen LogP contribution in [0.5, 0.6) is 5.75 Å². The average molecular weight is 417 g/mol. The Balaban J connectivity index is 0. The molecule has 1 aromatic rings. The molecule has 0 aliphatic carbocycles. The van der Waals surface area contributed by atoms with Gasteiger partial charge in [-0.2, -0.15) is 0 Å². The molecule has 1 rings (SSSR count). The molecule has 3 N–H and O–H groups in total. The number of ether oxygens (including phenoxy) is 1. The van der Waals surface area contributed by atoms with Crippen LogP contribution in [-0.4, -0.2) is 44.6 Å². The van der Waals surface area contributed by atoms with Gasteiger partial charge in [0.1, 0.15) is 5.75 Å². The third kappa shape index (κ3) is 10.2. The van der Waals surface area contributed by atoms with Gasteiger partial charge in [0.2, 0.25) is 0 Å². The Hall–Kier alpha value is -0.530. The van der Waals surface area contributed by atoms with Crippen LogP contribution in [0.15, 0.2) is 22.7 Å². The highest BCUT2D eigenvalue weighted by atomic mass is 79.9. The number of nitrogens with zero attached hydrogens (tertiary/aromatic N) is 1. The van der Waals surface area contributed by atoms with Crippen molar-refractivity contribution in [1.82, 2.24) is 10.2 Å². The normalized spacial score (nSPS) is 9.82. The topological polar surface area (TPSA) is 67.6 Å². The van der Waals surface area contributed by atoms with E-state index in [4.69, 9.17) is 10.5 Å². The van der Waals surface area contributed by atoms with Crippen LogP contribution in [0.4, 0.5) is 0 Å². The first-order valence-corrected chi connectivity index (χ1v) is 7.33. The summed E-state index contributed by atoms with van der Waals surface area (Å²) in [6, 6.07) is 5.70. The van der Waals surface area contributed by atoms with Crippen molar-refractivity contribution in [2.24, 2.45) is 5.73 Å². The Morgan fingerprint density at radius 3 is 2.64 bits per heavy atom. The van der Waals surface area contributed by atoms with E-state index in [1.54, 1.807) is 0 Å². The molecule has 0 aliphatic heterocycles. The molecule has 0 bridgehead atoms. The highest BCUT2D eigenvalue weighted by Crippen LogP contribution is 2.23. The lowest BCUT2D eigenvalue weighted by Gasteiger charge is -2.13. The predicted octanol–water partition coefficient (Wildman–Crippen LogP) is 2.20. The molecular weight excluding hydrogens is 393 g/mol. The molecule has 0 heterocycles. The van der Waals surface area contributed by atoms with Gasteiger partial charge in [0.15, 0.2) is 6.61 Å². The van der Waals surface area contributed by atoms with E-state index in [0.29, 0.717) is 12.3 Å². The van der Waals surface area contributed by atoms with Gasteiger partial charge in [-0.1, -0.05) is 15.9 Å². The molecule has 128 valence electrons. The van der Waals surface area contributed by atoms with Gasteiger partial charge >= 0.3 is 0 Å². The molecule has 0 atom stereocenters. The lowest BCUT2D eigenvalue weighted by molar-refractivity contribution is -0.119. The van der Waals surface area contributed by atoms with Gasteiger partial charge in [-0.25, -0.2) is 0 Å². The van der Waals surface area contributed by atoms with Crippen LogP contribution in [-0.2, 0) is 11.3 Å². The minimum absolute atomic E-state index is 0. The number of nitrogens with one attached hydrogen (secondary N) is 1. The van der Waals surface area contributed by atoms with Crippen molar-refractivity contribution in [2.45, 2.75) is 13.0 Å². The van der Waals surface area contributed by atoms with E-state index in [-0.39, 0.29) is 31.4 Å². The second-order valence-electron chi connectivity index (χ2n) is 4.84. The molecule has 22 heavy (non-hydrogen) atoms. The maximum atomic E-state index is 10.8. The fourth-order valence-electron chi connectivity index (χ4n) is 1.72. The maximum absolute atomic E-state index is 10.8. The monoisotopic (exact) mass is 415 g/mol. The van der Waals surface area contributed by atoms with Crippen molar-refractivity contribution < 1.29 is 9.53 Å². The minimum Gasteiger partial charge on any atom is -0.483 e. The minimum atomic E-state index is -0.474. The molecule has 0 aromatic heterocycles. The fourth-order valence-corrected chi connectivity index (χ4v) is 2.13. The lowest BCUT2D eigenvalue weighted by Crippen LogP contribution is -2.22. The number of hydrogen-bond acceptors (Lipinski definition) is 4. The van der Waals surface area contributed by atoms with E-state index in [9.17, 15) is 4.79 Å². The second kappa shape index (κ2) is 13.0. The van der Waals surface area contributed by atoms with Crippen molar-refractivity contribution in [3.63, 3.8) is 0 Å². The molecular formula is C14H24BrCl2N3O2. The number of rotatable bonds is 9. The lowest BCUT2D eigenvalue weighted by atomic mass is 10.2. The predicted molar refractivity (Wildman–Crippen MR) is 98.2 cm³/mol. The summed E-state index contributed by atoms with van der Waals surface area (Å²) >= 11 is 3.44. The zero-order valence-electron chi connectivity index (χ0n) is 12.8. The quantitative estimate of drug-likeness (QED) is 0.605. The van der Waals surface area contributed by atoms with E-state index < -0.39 is 5.91 Å². The number of amides is 1. The molecule has 0 fully saturated rings. The van der Waals surface area contributed by atoms with Gasteiger partial charge in [-0.15, -0.1) is 24.8 Å². The first-order chi connectivity index (χ1) is 9.49. The number of hydrogen-bond donors (Lipinski definition) is 2. The molecule has 8 heteroatoms. The first-order valence-electron chi connectivity index (χ1n) is 6.54.